The first-order valence-electron chi connectivity index (χ1n) is 5.37. The summed E-state index contributed by atoms with van der Waals surface area (Å²) in [5, 5.41) is 16.7. The average Bonchev–Trinajstić information content (AvgIpc) is 2.89. The van der Waals surface area contributed by atoms with Crippen molar-refractivity contribution in [1.29, 1.82) is 5.26 Å². The second-order valence-corrected chi connectivity index (χ2v) is 4.20. The monoisotopic (exact) mass is 204 g/mol. The van der Waals surface area contributed by atoms with Crippen LogP contribution >= 0.6 is 0 Å². The molecule has 0 aliphatic heterocycles. The summed E-state index contributed by atoms with van der Waals surface area (Å²) in [6, 6.07) is 2.74. The molecular weight excluding hydrogens is 188 g/mol. The Labute approximate surface area is 89.9 Å². The van der Waals surface area contributed by atoms with E-state index in [1.54, 1.807) is 4.68 Å². The van der Waals surface area contributed by atoms with E-state index in [2.05, 4.69) is 23.4 Å². The van der Waals surface area contributed by atoms with Crippen LogP contribution in [-0.2, 0) is 7.05 Å². The molecule has 2 rings (SSSR count). The molecule has 0 bridgehead atoms. The second kappa shape index (κ2) is 3.58. The fourth-order valence-corrected chi connectivity index (χ4v) is 2.01. The number of hydrogen-bond acceptors (Lipinski definition) is 3. The Morgan fingerprint density at radius 3 is 2.93 bits per heavy atom. The summed E-state index contributed by atoms with van der Waals surface area (Å²) < 4.78 is 1.76. The molecule has 2 unspecified atom stereocenters. The number of anilines is 1. The second-order valence-electron chi connectivity index (χ2n) is 4.20. The molecule has 1 fully saturated rings. The van der Waals surface area contributed by atoms with Gasteiger partial charge >= 0.3 is 0 Å². The summed E-state index contributed by atoms with van der Waals surface area (Å²) in [5.74, 6) is 1.64. The lowest BCUT2D eigenvalue weighted by molar-refractivity contribution is 0.739. The summed E-state index contributed by atoms with van der Waals surface area (Å²) in [5.41, 5.74) is 1.48. The average molecular weight is 204 g/mol. The van der Waals surface area contributed by atoms with Crippen LogP contribution in [0.4, 0.5) is 5.82 Å². The Hall–Kier alpha value is -1.50. The molecule has 1 aliphatic carbocycles. The van der Waals surface area contributed by atoms with Crippen LogP contribution in [0.15, 0.2) is 0 Å². The van der Waals surface area contributed by atoms with Crippen molar-refractivity contribution in [3.63, 3.8) is 0 Å². The summed E-state index contributed by atoms with van der Waals surface area (Å²) >= 11 is 0. The van der Waals surface area contributed by atoms with E-state index < -0.39 is 0 Å². The van der Waals surface area contributed by atoms with Crippen molar-refractivity contribution in [3.05, 3.63) is 11.3 Å². The van der Waals surface area contributed by atoms with Gasteiger partial charge in [-0.1, -0.05) is 13.3 Å². The maximum atomic E-state index is 9.03. The van der Waals surface area contributed by atoms with Crippen LogP contribution in [0.25, 0.3) is 0 Å². The lowest BCUT2D eigenvalue weighted by Gasteiger charge is -2.05. The van der Waals surface area contributed by atoms with Gasteiger partial charge < -0.3 is 5.32 Å². The van der Waals surface area contributed by atoms with Crippen LogP contribution < -0.4 is 5.32 Å². The smallest absolute Gasteiger partial charge is 0.142 e. The zero-order chi connectivity index (χ0) is 11.0. The number of rotatable bonds is 3. The molecule has 80 valence electrons. The van der Waals surface area contributed by atoms with Crippen LogP contribution in [-0.4, -0.2) is 15.8 Å². The molecule has 0 spiro atoms. The maximum Gasteiger partial charge on any atom is 0.142 e. The van der Waals surface area contributed by atoms with E-state index in [1.807, 2.05) is 14.0 Å². The zero-order valence-corrected chi connectivity index (χ0v) is 9.41. The molecular formula is C11H16N4. The third-order valence-electron chi connectivity index (χ3n) is 3.10. The fourth-order valence-electron chi connectivity index (χ4n) is 2.01. The predicted octanol–water partition coefficient (Wildman–Crippen LogP) is 1.81. The first kappa shape index (κ1) is 10.0. The highest BCUT2D eigenvalue weighted by atomic mass is 15.3. The van der Waals surface area contributed by atoms with Crippen LogP contribution in [0.3, 0.4) is 0 Å². The standard InChI is InChI=1S/C11H16N4/c1-4-8-5-10(8)13-11-9(6-12)7(2)14-15(11)3/h8,10,13H,4-5H2,1-3H3. The molecule has 1 aliphatic rings. The molecule has 15 heavy (non-hydrogen) atoms. The minimum atomic E-state index is 0.539. The van der Waals surface area contributed by atoms with E-state index in [1.165, 1.54) is 12.8 Å². The van der Waals surface area contributed by atoms with Crippen molar-refractivity contribution in [2.45, 2.75) is 32.7 Å². The van der Waals surface area contributed by atoms with Crippen molar-refractivity contribution in [2.75, 3.05) is 5.32 Å². The van der Waals surface area contributed by atoms with Gasteiger partial charge in [0.25, 0.3) is 0 Å². The van der Waals surface area contributed by atoms with Gasteiger partial charge in [0.2, 0.25) is 0 Å². The van der Waals surface area contributed by atoms with E-state index >= 15 is 0 Å². The normalized spacial score (nSPS) is 23.6. The fraction of sp³-hybridized carbons (Fsp3) is 0.636. The molecule has 1 aromatic heterocycles. The molecule has 1 saturated carbocycles. The molecule has 0 amide bonds. The van der Waals surface area contributed by atoms with Crippen LogP contribution in [0.2, 0.25) is 0 Å². The largest absolute Gasteiger partial charge is 0.366 e. The minimum Gasteiger partial charge on any atom is -0.366 e. The van der Waals surface area contributed by atoms with Gasteiger partial charge in [-0.15, -0.1) is 0 Å². The predicted molar refractivity (Wildman–Crippen MR) is 58.5 cm³/mol. The van der Waals surface area contributed by atoms with Gasteiger partial charge in [-0.3, -0.25) is 4.68 Å². The first-order chi connectivity index (χ1) is 7.17. The van der Waals surface area contributed by atoms with E-state index in [0.717, 1.165) is 17.4 Å². The molecule has 1 aromatic rings. The number of nitriles is 1. The van der Waals surface area contributed by atoms with Gasteiger partial charge in [0.15, 0.2) is 0 Å². The Morgan fingerprint density at radius 2 is 2.40 bits per heavy atom. The van der Waals surface area contributed by atoms with Crippen LogP contribution in [0.5, 0.6) is 0 Å². The number of hydrogen-bond donors (Lipinski definition) is 1. The van der Waals surface area contributed by atoms with Gasteiger partial charge in [0.05, 0.1) is 5.69 Å². The number of nitrogens with zero attached hydrogens (tertiary/aromatic N) is 3. The molecule has 4 nitrogen and oxygen atoms in total. The highest BCUT2D eigenvalue weighted by Gasteiger charge is 2.36. The molecule has 0 saturated heterocycles. The minimum absolute atomic E-state index is 0.539. The first-order valence-corrected chi connectivity index (χ1v) is 5.37. The number of aromatic nitrogens is 2. The van der Waals surface area contributed by atoms with Crippen molar-refractivity contribution >= 4 is 5.82 Å². The third kappa shape index (κ3) is 1.70. The SMILES string of the molecule is CCC1CC1Nc1c(C#N)c(C)nn1C. The zero-order valence-electron chi connectivity index (χ0n) is 9.41. The molecule has 0 aromatic carbocycles. The summed E-state index contributed by atoms with van der Waals surface area (Å²) in [7, 11) is 1.87. The maximum absolute atomic E-state index is 9.03. The highest BCUT2D eigenvalue weighted by molar-refractivity contribution is 5.56. The molecule has 1 heterocycles. The summed E-state index contributed by atoms with van der Waals surface area (Å²) in [6.45, 7) is 4.07. The van der Waals surface area contributed by atoms with E-state index in [4.69, 9.17) is 5.26 Å². The Bertz CT molecular complexity index is 413. The Balaban J connectivity index is 2.18. The molecule has 1 N–H and O–H groups in total. The Morgan fingerprint density at radius 1 is 1.67 bits per heavy atom. The number of nitrogens with one attached hydrogen (secondary N) is 1. The summed E-state index contributed by atoms with van der Waals surface area (Å²) in [4.78, 5) is 0. The van der Waals surface area contributed by atoms with Gasteiger partial charge in [-0.05, 0) is 19.3 Å². The van der Waals surface area contributed by atoms with Crippen LogP contribution in [0, 0.1) is 24.2 Å². The van der Waals surface area contributed by atoms with Crippen molar-refractivity contribution < 1.29 is 0 Å². The van der Waals surface area contributed by atoms with E-state index in [0.29, 0.717) is 11.6 Å². The molecule has 0 radical (unpaired) electrons. The lowest BCUT2D eigenvalue weighted by atomic mass is 10.2. The van der Waals surface area contributed by atoms with Gasteiger partial charge in [-0.25, -0.2) is 0 Å². The number of aryl methyl sites for hydroxylation is 2. The van der Waals surface area contributed by atoms with Crippen molar-refractivity contribution in [2.24, 2.45) is 13.0 Å². The highest BCUT2D eigenvalue weighted by Crippen LogP contribution is 2.36. The van der Waals surface area contributed by atoms with Crippen molar-refractivity contribution in [3.8, 4) is 6.07 Å². The quantitative estimate of drug-likeness (QED) is 0.817. The topological polar surface area (TPSA) is 53.6 Å². The van der Waals surface area contributed by atoms with Crippen LogP contribution in [0.1, 0.15) is 31.0 Å². The summed E-state index contributed by atoms with van der Waals surface area (Å²) in [6.07, 6.45) is 2.42. The van der Waals surface area contributed by atoms with Gasteiger partial charge in [-0.2, -0.15) is 10.4 Å². The van der Waals surface area contributed by atoms with E-state index in [9.17, 15) is 0 Å². The lowest BCUT2D eigenvalue weighted by Crippen LogP contribution is -2.09. The molecule has 2 atom stereocenters. The van der Waals surface area contributed by atoms with Gasteiger partial charge in [0.1, 0.15) is 17.5 Å². The van der Waals surface area contributed by atoms with Gasteiger partial charge in [0, 0.05) is 13.1 Å². The van der Waals surface area contributed by atoms with E-state index in [-0.39, 0.29) is 0 Å². The Kier molecular flexibility index (Phi) is 2.39. The molecule has 4 heteroatoms. The third-order valence-corrected chi connectivity index (χ3v) is 3.10. The van der Waals surface area contributed by atoms with Crippen molar-refractivity contribution in [1.82, 2.24) is 9.78 Å².